The van der Waals surface area contributed by atoms with Gasteiger partial charge in [-0.25, -0.2) is 13.2 Å². The van der Waals surface area contributed by atoms with Crippen LogP contribution in [-0.2, 0) is 99.9 Å². The van der Waals surface area contributed by atoms with Crippen LogP contribution >= 0.6 is 88.9 Å². The third-order valence-electron chi connectivity index (χ3n) is 10.7. The standard InChI is InChI=1S/C14H22NOPS2.C8H16N2O2S.C8H15NO3S.C7H13NO2S.C7H16O4S2.C7H16O2S2.C5H11NOS.C5H12O3S2/c1-14(2,3)12-4-6-13(7-5-12)17(18,19)15-8-10-16-11-9-15;1-5(2)10-6(8(11)12)3-4-7(9)13;1-5(2)3-7(10)9-6(4-13)8(11)12;1-7(2,3)6(9)10-4-5(8)11;1-7(2,3)11-5-4-6-12-13(8,9)10;1-7(2,3)5-6-10-11(4,8)9;1-4(2)7-3-5(6)8;1-5(2)8-10(6,7)4-3-9/h4-7H,8-11H2,1-3H3,(H,18,19);5-6,10H,3-4H2,1-2H3,(H2,9,13)(H,11,12);5-6,13H,3-4H2,1-2H3,(H,9,10)(H,11,12);4H2,1-3H3,(H2,8,11);4-6H2,1-3H3,(H,8,9,10);5-6H2,1-4H3;4H,3H2,1-2H3,(H2,6,8);5,9H,3-4H2,1-2H3/p-1. The van der Waals surface area contributed by atoms with Gasteiger partial charge in [-0.1, -0.05) is 136 Å². The first-order valence-corrected chi connectivity index (χ1v) is 45.4. The zero-order valence-electron chi connectivity index (χ0n) is 61.4. The molecule has 24 nitrogen and oxygen atoms in total. The van der Waals surface area contributed by atoms with E-state index in [9.17, 15) is 44.4 Å². The molecular weight excluding hydrogens is 1520 g/mol. The number of thiol groups is 2. The van der Waals surface area contributed by atoms with Crippen molar-refractivity contribution >= 4 is 185 Å². The summed E-state index contributed by atoms with van der Waals surface area (Å²) in [5.74, 6) is -0.757. The molecule has 0 saturated carbocycles. The van der Waals surface area contributed by atoms with Crippen molar-refractivity contribution in [3.63, 3.8) is 0 Å². The van der Waals surface area contributed by atoms with E-state index in [4.69, 9.17) is 75.0 Å². The predicted molar refractivity (Wildman–Crippen MR) is 432 cm³/mol. The van der Waals surface area contributed by atoms with Gasteiger partial charge in [0.05, 0.1) is 58.8 Å². The van der Waals surface area contributed by atoms with E-state index >= 15 is 0 Å². The molecule has 3 unspecified atom stereocenters. The molecule has 1 aliphatic rings. The van der Waals surface area contributed by atoms with Gasteiger partial charge in [0.1, 0.15) is 23.7 Å². The number of thiocarbonyl (C=S) groups is 3. The van der Waals surface area contributed by atoms with Gasteiger partial charge >= 0.3 is 27.1 Å². The fourth-order valence-electron chi connectivity index (χ4n) is 6.06. The van der Waals surface area contributed by atoms with Gasteiger partial charge in [0.15, 0.2) is 8.87 Å². The van der Waals surface area contributed by atoms with Crippen LogP contribution in [0.25, 0.3) is 0 Å². The maximum absolute atomic E-state index is 11.1. The van der Waals surface area contributed by atoms with Crippen molar-refractivity contribution in [1.82, 2.24) is 15.3 Å². The number of nitrogens with two attached hydrogens (primary N) is 3. The van der Waals surface area contributed by atoms with Gasteiger partial charge in [-0.3, -0.25) is 27.8 Å². The van der Waals surface area contributed by atoms with Crippen LogP contribution in [0.5, 0.6) is 0 Å². The Balaban J connectivity index is -0.000000250. The molecule has 1 saturated heterocycles. The number of hydrogen-bond donors (Lipinski definition) is 10. The number of carbonyl (C=O) groups is 4. The summed E-state index contributed by atoms with van der Waals surface area (Å²) in [4.78, 5) is 44.3. The average Bonchev–Trinajstić information content (AvgIpc) is 0.801. The van der Waals surface area contributed by atoms with Crippen molar-refractivity contribution in [2.45, 2.75) is 212 Å². The topological polar surface area (TPSA) is 383 Å². The van der Waals surface area contributed by atoms with E-state index in [0.29, 0.717) is 76.9 Å². The van der Waals surface area contributed by atoms with Gasteiger partial charge in [-0.15, -0.1) is 11.8 Å². The number of ether oxygens (including phenoxy) is 4. The van der Waals surface area contributed by atoms with E-state index in [1.165, 1.54) is 11.8 Å². The maximum Gasteiger partial charge on any atom is 0.327 e. The lowest BCUT2D eigenvalue weighted by Gasteiger charge is -2.43. The molecule has 0 aromatic heterocycles. The number of benzene rings is 1. The monoisotopic (exact) mass is 1640 g/mol. The van der Waals surface area contributed by atoms with Crippen LogP contribution in [0.3, 0.4) is 0 Å². The summed E-state index contributed by atoms with van der Waals surface area (Å²) in [5.41, 5.74) is 16.6. The number of nitrogens with zero attached hydrogens (tertiary/aromatic N) is 1. The number of hydrogen-bond acceptors (Lipinski definition) is 25. The first-order valence-electron chi connectivity index (χ1n) is 31.2. The first kappa shape index (κ1) is 108. The smallest absolute Gasteiger partial charge is 0.327 e. The Hall–Kier alpha value is -1.26. The van der Waals surface area contributed by atoms with Crippen LogP contribution in [0.2, 0.25) is 0 Å². The number of esters is 1. The van der Waals surface area contributed by atoms with Crippen LogP contribution in [0.1, 0.15) is 176 Å². The maximum atomic E-state index is 11.1. The Morgan fingerprint density at radius 1 is 0.755 bits per heavy atom. The Morgan fingerprint density at radius 3 is 1.57 bits per heavy atom. The number of amides is 1. The molecule has 1 aromatic rings. The van der Waals surface area contributed by atoms with Crippen LogP contribution in [0.15, 0.2) is 24.3 Å². The van der Waals surface area contributed by atoms with E-state index in [0.717, 1.165) is 48.8 Å². The minimum atomic E-state index is -3.88. The van der Waals surface area contributed by atoms with Crippen LogP contribution in [0, 0.1) is 16.7 Å². The minimum absolute atomic E-state index is 0.0196. The van der Waals surface area contributed by atoms with Crippen molar-refractivity contribution in [3.8, 4) is 0 Å². The molecule has 1 aliphatic heterocycles. The minimum Gasteiger partial charge on any atom is -0.727 e. The van der Waals surface area contributed by atoms with E-state index in [1.54, 1.807) is 34.6 Å². The summed E-state index contributed by atoms with van der Waals surface area (Å²) in [5, 5.41) is 21.8. The molecule has 11 N–H and O–H groups in total. The van der Waals surface area contributed by atoms with Crippen LogP contribution < -0.4 is 33.1 Å². The molecule has 0 radical (unpaired) electrons. The van der Waals surface area contributed by atoms with Crippen molar-refractivity contribution in [1.29, 1.82) is 0 Å². The van der Waals surface area contributed by atoms with Crippen LogP contribution in [-0.4, -0.2) is 201 Å². The highest BCUT2D eigenvalue weighted by atomic mass is 33.2. The van der Waals surface area contributed by atoms with Crippen molar-refractivity contribution in [3.05, 3.63) is 29.8 Å². The van der Waals surface area contributed by atoms with Gasteiger partial charge in [0.2, 0.25) is 5.91 Å². The van der Waals surface area contributed by atoms with Gasteiger partial charge in [-0.2, -0.15) is 42.1 Å². The lowest BCUT2D eigenvalue weighted by atomic mass is 9.87. The molecule has 3 atom stereocenters. The lowest BCUT2D eigenvalue weighted by Crippen LogP contribution is -2.42. The molecule has 98 heavy (non-hydrogen) atoms. The first-order chi connectivity index (χ1) is 44.1. The predicted octanol–water partition coefficient (Wildman–Crippen LogP) is 9.91. The number of carboxylic acids is 2. The van der Waals surface area contributed by atoms with Gasteiger partial charge < -0.3 is 69.2 Å². The van der Waals surface area contributed by atoms with Gasteiger partial charge in [-0.05, 0) is 144 Å². The molecule has 1 aromatic carbocycles. The molecule has 0 aliphatic carbocycles. The zero-order chi connectivity index (χ0) is 78.5. The highest BCUT2D eigenvalue weighted by Gasteiger charge is 2.24. The third kappa shape index (κ3) is 75.9. The lowest BCUT2D eigenvalue weighted by molar-refractivity contribution is -0.151. The van der Waals surface area contributed by atoms with E-state index in [-0.39, 0.29) is 75.6 Å². The Morgan fingerprint density at radius 2 is 1.24 bits per heavy atom. The Kier molecular flexibility index (Phi) is 60.7. The molecule has 0 bridgehead atoms. The van der Waals surface area contributed by atoms with Crippen molar-refractivity contribution in [2.75, 3.05) is 81.1 Å². The number of morpholine rings is 1. The summed E-state index contributed by atoms with van der Waals surface area (Å²) in [6.07, 6.45) is 4.00. The summed E-state index contributed by atoms with van der Waals surface area (Å²) < 4.78 is 99.2. The summed E-state index contributed by atoms with van der Waals surface area (Å²) in [6, 6.07) is 7.31. The average molecular weight is 1640 g/mol. The SMILES string of the molecule is CC(C)(C)C(=O)OCC(N)=S.CC(C)(C)CCSS(C)(=O)=O.CC(C)(C)OCCCSS(=O)(=O)O.CC(C)(C)c1ccc(P(=S)([S-])N2CCOCC2)cc1.CC(C)CC(=O)NC(CS)C(=O)O.CC(C)NC(CCC(N)=S)C(=O)O.CC(C)OCC(N)=S.CC(C)OS(=O)(=O)CCS. The molecule has 580 valence electrons. The number of aliphatic carboxylic acids is 2. The molecule has 1 amide bonds. The fourth-order valence-corrected chi connectivity index (χ4v) is 15.0. The van der Waals surface area contributed by atoms with Crippen molar-refractivity contribution < 1.29 is 82.3 Å². The Bertz CT molecular complexity index is 2830. The molecule has 2 rings (SSSR count). The largest absolute Gasteiger partial charge is 0.727 e. The second-order valence-corrected chi connectivity index (χ2v) is 45.1. The molecular formula is C61H120N6O18PS12-. The normalized spacial score (nSPS) is 14.0. The Labute approximate surface area is 634 Å². The van der Waals surface area contributed by atoms with Crippen LogP contribution in [0.4, 0.5) is 0 Å². The molecule has 37 heteroatoms. The second kappa shape index (κ2) is 55.2. The second-order valence-electron chi connectivity index (χ2n) is 27.0. The molecule has 0 spiro atoms. The fraction of sp³-hybridized carbons (Fsp3) is 0.787. The molecule has 1 fully saturated rings. The van der Waals surface area contributed by atoms with Crippen molar-refractivity contribution in [2.24, 2.45) is 33.9 Å². The number of rotatable bonds is 30. The molecule has 1 heterocycles. The highest BCUT2D eigenvalue weighted by molar-refractivity contribution is 8.71. The quantitative estimate of drug-likeness (QED) is 0.00394. The van der Waals surface area contributed by atoms with Gasteiger partial charge in [0.25, 0.3) is 10.1 Å². The third-order valence-corrected chi connectivity index (χ3v) is 22.9. The van der Waals surface area contributed by atoms with E-state index < -0.39 is 63.0 Å². The number of carboxylic acid groups (broad SMARTS) is 2. The summed E-state index contributed by atoms with van der Waals surface area (Å²) in [7, 11) is -8.45. The number of nitrogens with one attached hydrogen (secondary N) is 2. The van der Waals surface area contributed by atoms with E-state index in [1.807, 2.05) is 62.3 Å². The summed E-state index contributed by atoms with van der Waals surface area (Å²) >= 11 is 32.9. The summed E-state index contributed by atoms with van der Waals surface area (Å²) in [6.45, 7) is 43.1. The van der Waals surface area contributed by atoms with Gasteiger partial charge in [0, 0.05) is 61.4 Å². The zero-order valence-corrected chi connectivity index (χ0v) is 72.2. The van der Waals surface area contributed by atoms with E-state index in [2.05, 4.69) is 147 Å². The highest BCUT2D eigenvalue weighted by Crippen LogP contribution is 2.47. The number of carbonyl (C=O) groups excluding carboxylic acids is 2.